The molecule has 0 aliphatic heterocycles. The second-order valence-electron chi connectivity index (χ2n) is 2.04. The van der Waals surface area contributed by atoms with E-state index in [1.54, 1.807) is 12.4 Å². The lowest BCUT2D eigenvalue weighted by atomic mass is 10.2. The van der Waals surface area contributed by atoms with E-state index in [0.29, 0.717) is 5.75 Å². The van der Waals surface area contributed by atoms with Gasteiger partial charge in [-0.25, -0.2) is 0 Å². The third kappa shape index (κ3) is 1.54. The molecule has 0 amide bonds. The van der Waals surface area contributed by atoms with Crippen molar-refractivity contribution in [2.45, 2.75) is 0 Å². The zero-order chi connectivity index (χ0) is 9.14. The van der Waals surface area contributed by atoms with Gasteiger partial charge in [-0.15, -0.1) is 0 Å². The minimum Gasteiger partial charge on any atom is -0.495 e. The maximum atomic E-state index is 10.4. The molecule has 0 saturated heterocycles. The zero-order valence-electron chi connectivity index (χ0n) is 6.23. The highest BCUT2D eigenvalue weighted by molar-refractivity contribution is 6.39. The molecule has 0 bridgehead atoms. The van der Waals surface area contributed by atoms with Crippen LogP contribution in [-0.4, -0.2) is 13.4 Å². The Morgan fingerprint density at radius 1 is 1.42 bits per heavy atom. The van der Waals surface area contributed by atoms with E-state index < -0.39 is 0 Å². The predicted molar refractivity (Wildman–Crippen MR) is 47.8 cm³/mol. The Kier molecular flexibility index (Phi) is 2.95. The molecule has 0 aromatic heterocycles. The van der Waals surface area contributed by atoms with E-state index >= 15 is 0 Å². The first-order chi connectivity index (χ1) is 5.70. The zero-order valence-corrected chi connectivity index (χ0v) is 7.74. The summed E-state index contributed by atoms with van der Waals surface area (Å²) < 4.78 is 4.87. The van der Waals surface area contributed by atoms with Crippen LogP contribution in [0.4, 0.5) is 0 Å². The summed E-state index contributed by atoms with van der Waals surface area (Å²) in [5.41, 5.74) is 0.137. The first kappa shape index (κ1) is 9.36. The SMILES string of the molecule is COc1ccc(Cl)c([C]=O)c1Cl. The minimum absolute atomic E-state index is 0.137. The van der Waals surface area contributed by atoms with Crippen LogP contribution < -0.4 is 4.74 Å². The van der Waals surface area contributed by atoms with Gasteiger partial charge in [0.1, 0.15) is 5.75 Å². The highest BCUT2D eigenvalue weighted by atomic mass is 35.5. The molecular formula is C8H5Cl2O2. The highest BCUT2D eigenvalue weighted by Gasteiger charge is 2.10. The number of hydrogen-bond donors (Lipinski definition) is 0. The van der Waals surface area contributed by atoms with E-state index in [1.807, 2.05) is 0 Å². The summed E-state index contributed by atoms with van der Waals surface area (Å²) in [6.07, 6.45) is 1.64. The molecule has 0 aliphatic carbocycles. The summed E-state index contributed by atoms with van der Waals surface area (Å²) in [7, 11) is 1.46. The van der Waals surface area contributed by atoms with Gasteiger partial charge in [0.05, 0.1) is 22.7 Å². The van der Waals surface area contributed by atoms with Gasteiger partial charge in [-0.05, 0) is 12.1 Å². The number of rotatable bonds is 2. The van der Waals surface area contributed by atoms with Crippen LogP contribution in [0.25, 0.3) is 0 Å². The molecule has 0 unspecified atom stereocenters. The molecular weight excluding hydrogens is 199 g/mol. The van der Waals surface area contributed by atoms with E-state index in [9.17, 15) is 4.79 Å². The van der Waals surface area contributed by atoms with E-state index in [-0.39, 0.29) is 15.6 Å². The molecule has 4 heteroatoms. The first-order valence-electron chi connectivity index (χ1n) is 3.11. The maximum absolute atomic E-state index is 10.4. The molecule has 0 aliphatic rings. The third-order valence-electron chi connectivity index (χ3n) is 1.38. The van der Waals surface area contributed by atoms with Gasteiger partial charge >= 0.3 is 0 Å². The summed E-state index contributed by atoms with van der Waals surface area (Å²) in [6.45, 7) is 0. The van der Waals surface area contributed by atoms with Crippen LogP contribution >= 0.6 is 23.2 Å². The molecule has 0 saturated carbocycles. The molecule has 0 heterocycles. The summed E-state index contributed by atoms with van der Waals surface area (Å²) in [6, 6.07) is 3.12. The molecule has 0 spiro atoms. The van der Waals surface area contributed by atoms with Crippen molar-refractivity contribution < 1.29 is 9.53 Å². The van der Waals surface area contributed by atoms with Crippen LogP contribution in [0, 0.1) is 0 Å². The lowest BCUT2D eigenvalue weighted by Gasteiger charge is -2.04. The molecule has 2 nitrogen and oxygen atoms in total. The predicted octanol–water partition coefficient (Wildman–Crippen LogP) is 2.46. The van der Waals surface area contributed by atoms with Gasteiger partial charge in [-0.2, -0.15) is 0 Å². The molecule has 0 N–H and O–H groups in total. The van der Waals surface area contributed by atoms with Crippen molar-refractivity contribution in [3.8, 4) is 5.75 Å². The Hall–Kier alpha value is -0.730. The second kappa shape index (κ2) is 3.78. The lowest BCUT2D eigenvalue weighted by molar-refractivity contribution is 0.415. The number of hydrogen-bond acceptors (Lipinski definition) is 2. The van der Waals surface area contributed by atoms with Crippen molar-refractivity contribution in [1.29, 1.82) is 0 Å². The molecule has 0 atom stereocenters. The topological polar surface area (TPSA) is 26.3 Å². The van der Waals surface area contributed by atoms with E-state index in [0.717, 1.165) is 0 Å². The number of carbonyl (C=O) groups excluding carboxylic acids is 1. The summed E-state index contributed by atoms with van der Waals surface area (Å²) in [5.74, 6) is 0.416. The normalized spacial score (nSPS) is 9.58. The standard InChI is InChI=1S/C8H5Cl2O2/c1-12-7-3-2-6(9)5(4-11)8(7)10/h2-3H,1H3. The fourth-order valence-corrected chi connectivity index (χ4v) is 1.31. The van der Waals surface area contributed by atoms with Crippen molar-refractivity contribution in [3.05, 3.63) is 27.7 Å². The molecule has 1 aromatic carbocycles. The van der Waals surface area contributed by atoms with Crippen LogP contribution in [-0.2, 0) is 4.79 Å². The third-order valence-corrected chi connectivity index (χ3v) is 2.07. The summed E-state index contributed by atoms with van der Waals surface area (Å²) in [5, 5.41) is 0.468. The van der Waals surface area contributed by atoms with Gasteiger partial charge in [-0.1, -0.05) is 23.2 Å². The summed E-state index contributed by atoms with van der Waals surface area (Å²) >= 11 is 11.4. The van der Waals surface area contributed by atoms with E-state index in [2.05, 4.69) is 0 Å². The fraction of sp³-hybridized carbons (Fsp3) is 0.125. The van der Waals surface area contributed by atoms with Gasteiger partial charge in [0.2, 0.25) is 6.29 Å². The Bertz CT molecular complexity index is 310. The molecule has 1 rings (SSSR count). The number of benzene rings is 1. The monoisotopic (exact) mass is 203 g/mol. The molecule has 63 valence electrons. The molecule has 1 radical (unpaired) electrons. The van der Waals surface area contributed by atoms with Gasteiger partial charge in [-0.3, -0.25) is 4.79 Å². The van der Waals surface area contributed by atoms with E-state index in [1.165, 1.54) is 13.2 Å². The van der Waals surface area contributed by atoms with Crippen molar-refractivity contribution in [2.24, 2.45) is 0 Å². The highest BCUT2D eigenvalue weighted by Crippen LogP contribution is 2.31. The van der Waals surface area contributed by atoms with Crippen molar-refractivity contribution in [2.75, 3.05) is 7.11 Å². The Morgan fingerprint density at radius 2 is 2.08 bits per heavy atom. The minimum atomic E-state index is 0.137. The lowest BCUT2D eigenvalue weighted by Crippen LogP contribution is -1.90. The average Bonchev–Trinajstić information content (AvgIpc) is 2.06. The van der Waals surface area contributed by atoms with Crippen LogP contribution in [0.15, 0.2) is 12.1 Å². The van der Waals surface area contributed by atoms with Gasteiger partial charge in [0, 0.05) is 0 Å². The smallest absolute Gasteiger partial charge is 0.236 e. The maximum Gasteiger partial charge on any atom is 0.236 e. The number of halogens is 2. The second-order valence-corrected chi connectivity index (χ2v) is 2.83. The Balaban J connectivity index is 3.33. The number of ether oxygens (including phenoxy) is 1. The molecule has 0 fully saturated rings. The molecule has 1 aromatic rings. The van der Waals surface area contributed by atoms with Gasteiger partial charge in [0.15, 0.2) is 0 Å². The van der Waals surface area contributed by atoms with Crippen LogP contribution in [0.3, 0.4) is 0 Å². The van der Waals surface area contributed by atoms with Crippen LogP contribution in [0.1, 0.15) is 5.56 Å². The van der Waals surface area contributed by atoms with Crippen LogP contribution in [0.5, 0.6) is 5.75 Å². The molecule has 12 heavy (non-hydrogen) atoms. The van der Waals surface area contributed by atoms with Crippen molar-refractivity contribution in [3.63, 3.8) is 0 Å². The Labute approximate surface area is 80.0 Å². The first-order valence-corrected chi connectivity index (χ1v) is 3.86. The number of methoxy groups -OCH3 is 1. The summed E-state index contributed by atoms with van der Waals surface area (Å²) in [4.78, 5) is 10.4. The van der Waals surface area contributed by atoms with Gasteiger partial charge in [0.25, 0.3) is 0 Å². The Morgan fingerprint density at radius 3 is 2.58 bits per heavy atom. The largest absolute Gasteiger partial charge is 0.495 e. The fourth-order valence-electron chi connectivity index (χ4n) is 0.785. The van der Waals surface area contributed by atoms with Gasteiger partial charge < -0.3 is 4.74 Å². The van der Waals surface area contributed by atoms with E-state index in [4.69, 9.17) is 27.9 Å². The van der Waals surface area contributed by atoms with Crippen LogP contribution in [0.2, 0.25) is 10.0 Å². The quantitative estimate of drug-likeness (QED) is 0.739. The average molecular weight is 204 g/mol. The van der Waals surface area contributed by atoms with Crippen molar-refractivity contribution in [1.82, 2.24) is 0 Å². The van der Waals surface area contributed by atoms with Crippen molar-refractivity contribution >= 4 is 29.5 Å².